The highest BCUT2D eigenvalue weighted by Gasteiger charge is 2.17. The quantitative estimate of drug-likeness (QED) is 0.634. The summed E-state index contributed by atoms with van der Waals surface area (Å²) in [7, 11) is -1.28. The molecule has 1 aromatic carbocycles. The van der Waals surface area contributed by atoms with Crippen LogP contribution < -0.4 is 5.19 Å². The Labute approximate surface area is 84.5 Å². The van der Waals surface area contributed by atoms with E-state index in [1.807, 2.05) is 12.1 Å². The summed E-state index contributed by atoms with van der Waals surface area (Å²) in [6, 6.07) is 6.75. The second kappa shape index (κ2) is 3.41. The standard InChI is InChI=1S/C9H11Cl2Si/c1-12(2,3)9-5-7(10)4-8(11)6-9/h5-6H,1-3H3. The summed E-state index contributed by atoms with van der Waals surface area (Å²) in [5.41, 5.74) is 0. The van der Waals surface area contributed by atoms with Gasteiger partial charge in [-0.3, -0.25) is 0 Å². The molecule has 65 valence electrons. The van der Waals surface area contributed by atoms with Gasteiger partial charge in [0.15, 0.2) is 0 Å². The van der Waals surface area contributed by atoms with Gasteiger partial charge in [-0.15, -0.1) is 0 Å². The fourth-order valence-corrected chi connectivity index (χ4v) is 2.76. The summed E-state index contributed by atoms with van der Waals surface area (Å²) in [5, 5.41) is 2.50. The Kier molecular flexibility index (Phi) is 2.87. The van der Waals surface area contributed by atoms with Gasteiger partial charge in [-0.05, 0) is 12.1 Å². The third-order valence-corrected chi connectivity index (χ3v) is 4.10. The molecule has 1 rings (SSSR count). The fourth-order valence-electron chi connectivity index (χ4n) is 0.934. The fraction of sp³-hybridized carbons (Fsp3) is 0.333. The molecule has 1 aromatic rings. The molecule has 0 saturated heterocycles. The first-order valence-corrected chi connectivity index (χ1v) is 8.04. The minimum atomic E-state index is -1.28. The summed E-state index contributed by atoms with van der Waals surface area (Å²) >= 11 is 11.7. The second-order valence-electron chi connectivity index (χ2n) is 3.81. The van der Waals surface area contributed by atoms with E-state index in [1.165, 1.54) is 5.19 Å². The summed E-state index contributed by atoms with van der Waals surface area (Å²) in [6.45, 7) is 6.78. The van der Waals surface area contributed by atoms with E-state index in [1.54, 1.807) is 0 Å². The van der Waals surface area contributed by atoms with E-state index >= 15 is 0 Å². The smallest absolute Gasteiger partial charge is 0.0777 e. The minimum Gasteiger partial charge on any atom is -0.0836 e. The van der Waals surface area contributed by atoms with Crippen LogP contribution in [0.1, 0.15) is 0 Å². The van der Waals surface area contributed by atoms with Crippen LogP contribution in [-0.2, 0) is 0 Å². The van der Waals surface area contributed by atoms with Crippen LogP contribution in [0.15, 0.2) is 12.1 Å². The Morgan fingerprint density at radius 1 is 1.08 bits per heavy atom. The third-order valence-electron chi connectivity index (χ3n) is 1.67. The van der Waals surface area contributed by atoms with E-state index in [0.29, 0.717) is 10.0 Å². The molecule has 0 aliphatic rings. The van der Waals surface area contributed by atoms with E-state index in [0.717, 1.165) is 0 Å². The highest BCUT2D eigenvalue weighted by atomic mass is 35.5. The topological polar surface area (TPSA) is 0 Å². The SMILES string of the molecule is C[Si](C)(C)c1cc(Cl)[c]c(Cl)c1. The maximum atomic E-state index is 5.84. The van der Waals surface area contributed by atoms with Crippen molar-refractivity contribution in [1.29, 1.82) is 0 Å². The zero-order chi connectivity index (χ0) is 9.35. The zero-order valence-electron chi connectivity index (χ0n) is 7.41. The summed E-state index contributed by atoms with van der Waals surface area (Å²) in [5.74, 6) is 0. The molecule has 0 bridgehead atoms. The van der Waals surface area contributed by atoms with Gasteiger partial charge in [-0.25, -0.2) is 0 Å². The molecule has 0 aliphatic heterocycles. The van der Waals surface area contributed by atoms with Gasteiger partial charge in [0.25, 0.3) is 0 Å². The molecule has 0 aliphatic carbocycles. The number of halogens is 2. The van der Waals surface area contributed by atoms with Crippen LogP contribution in [0.2, 0.25) is 29.7 Å². The van der Waals surface area contributed by atoms with E-state index in [9.17, 15) is 0 Å². The summed E-state index contributed by atoms with van der Waals surface area (Å²) in [6.07, 6.45) is 0. The zero-order valence-corrected chi connectivity index (χ0v) is 9.92. The molecule has 0 atom stereocenters. The molecule has 0 unspecified atom stereocenters. The van der Waals surface area contributed by atoms with Gasteiger partial charge < -0.3 is 0 Å². The monoisotopic (exact) mass is 217 g/mol. The molecule has 12 heavy (non-hydrogen) atoms. The third kappa shape index (κ3) is 2.51. The predicted octanol–water partition coefficient (Wildman–Crippen LogP) is 3.34. The molecule has 0 nitrogen and oxygen atoms in total. The first kappa shape index (κ1) is 10.1. The lowest BCUT2D eigenvalue weighted by atomic mass is 10.4. The molecule has 3 heteroatoms. The minimum absolute atomic E-state index is 0.611. The van der Waals surface area contributed by atoms with E-state index in [2.05, 4.69) is 25.7 Å². The Morgan fingerprint density at radius 2 is 1.50 bits per heavy atom. The van der Waals surface area contributed by atoms with Crippen LogP contribution in [0.5, 0.6) is 0 Å². The molecule has 1 radical (unpaired) electrons. The van der Waals surface area contributed by atoms with E-state index in [-0.39, 0.29) is 0 Å². The van der Waals surface area contributed by atoms with Crippen molar-refractivity contribution in [2.75, 3.05) is 0 Å². The van der Waals surface area contributed by atoms with E-state index in [4.69, 9.17) is 23.2 Å². The molecule has 0 heterocycles. The Bertz CT molecular complexity index is 269. The van der Waals surface area contributed by atoms with Gasteiger partial charge in [-0.1, -0.05) is 48.0 Å². The van der Waals surface area contributed by atoms with Gasteiger partial charge in [0.2, 0.25) is 0 Å². The molecular weight excluding hydrogens is 207 g/mol. The number of hydrogen-bond acceptors (Lipinski definition) is 0. The van der Waals surface area contributed by atoms with Crippen LogP contribution in [0.25, 0.3) is 0 Å². The lowest BCUT2D eigenvalue weighted by Crippen LogP contribution is -2.37. The molecule has 0 saturated carbocycles. The van der Waals surface area contributed by atoms with Crippen LogP contribution in [-0.4, -0.2) is 8.07 Å². The summed E-state index contributed by atoms with van der Waals surface area (Å²) in [4.78, 5) is 0. The molecule has 0 amide bonds. The van der Waals surface area contributed by atoms with Crippen LogP contribution in [0.3, 0.4) is 0 Å². The Balaban J connectivity index is 3.18. The van der Waals surface area contributed by atoms with Crippen molar-refractivity contribution in [3.63, 3.8) is 0 Å². The molecule has 0 fully saturated rings. The van der Waals surface area contributed by atoms with Crippen molar-refractivity contribution in [2.45, 2.75) is 19.6 Å². The van der Waals surface area contributed by atoms with Gasteiger partial charge in [0.05, 0.1) is 8.07 Å². The first-order valence-electron chi connectivity index (χ1n) is 3.78. The second-order valence-corrected chi connectivity index (χ2v) is 9.71. The number of rotatable bonds is 1. The van der Waals surface area contributed by atoms with Gasteiger partial charge >= 0.3 is 0 Å². The summed E-state index contributed by atoms with van der Waals surface area (Å²) < 4.78 is 0. The van der Waals surface area contributed by atoms with Crippen LogP contribution >= 0.6 is 23.2 Å². The largest absolute Gasteiger partial charge is 0.0836 e. The lowest BCUT2D eigenvalue weighted by molar-refractivity contribution is 1.66. The van der Waals surface area contributed by atoms with Gasteiger partial charge in [-0.2, -0.15) is 0 Å². The molecule has 0 N–H and O–H groups in total. The van der Waals surface area contributed by atoms with Gasteiger partial charge in [0, 0.05) is 16.1 Å². The normalized spacial score (nSPS) is 11.8. The first-order chi connectivity index (χ1) is 5.39. The average molecular weight is 218 g/mol. The van der Waals surface area contributed by atoms with Gasteiger partial charge in [0.1, 0.15) is 0 Å². The van der Waals surface area contributed by atoms with Crippen molar-refractivity contribution in [3.8, 4) is 0 Å². The molecule has 0 spiro atoms. The maximum Gasteiger partial charge on any atom is 0.0777 e. The average Bonchev–Trinajstić information content (AvgIpc) is 1.82. The van der Waals surface area contributed by atoms with Crippen molar-refractivity contribution >= 4 is 36.5 Å². The van der Waals surface area contributed by atoms with Crippen molar-refractivity contribution in [2.24, 2.45) is 0 Å². The number of hydrogen-bond donors (Lipinski definition) is 0. The lowest BCUT2D eigenvalue weighted by Gasteiger charge is -2.16. The Morgan fingerprint density at radius 3 is 1.83 bits per heavy atom. The highest BCUT2D eigenvalue weighted by Crippen LogP contribution is 2.15. The van der Waals surface area contributed by atoms with E-state index < -0.39 is 8.07 Å². The van der Waals surface area contributed by atoms with Crippen molar-refractivity contribution in [1.82, 2.24) is 0 Å². The van der Waals surface area contributed by atoms with Crippen molar-refractivity contribution in [3.05, 3.63) is 28.2 Å². The molecular formula is C9H11Cl2Si. The highest BCUT2D eigenvalue weighted by molar-refractivity contribution is 6.88. The Hall–Kier alpha value is 0.0169. The van der Waals surface area contributed by atoms with Crippen molar-refractivity contribution < 1.29 is 0 Å². The predicted molar refractivity (Wildman–Crippen MR) is 58.3 cm³/mol. The van der Waals surface area contributed by atoms with Crippen LogP contribution in [0, 0.1) is 6.07 Å². The number of benzene rings is 1. The molecule has 0 aromatic heterocycles. The van der Waals surface area contributed by atoms with Crippen LogP contribution in [0.4, 0.5) is 0 Å². The maximum absolute atomic E-state index is 5.84.